The summed E-state index contributed by atoms with van der Waals surface area (Å²) in [5, 5.41) is 3.24. The highest BCUT2D eigenvalue weighted by Gasteiger charge is 2.11. The smallest absolute Gasteiger partial charge is 0.274 e. The largest absolute Gasteiger partial charge is 0.397 e. The molecule has 3 N–H and O–H groups in total. The summed E-state index contributed by atoms with van der Waals surface area (Å²) in [7, 11) is 0. The second-order valence-corrected chi connectivity index (χ2v) is 4.29. The van der Waals surface area contributed by atoms with E-state index in [9.17, 15) is 4.79 Å². The summed E-state index contributed by atoms with van der Waals surface area (Å²) >= 11 is 5.79. The van der Waals surface area contributed by atoms with Gasteiger partial charge >= 0.3 is 0 Å². The van der Waals surface area contributed by atoms with Crippen molar-refractivity contribution in [2.45, 2.75) is 6.92 Å². The molecule has 0 spiro atoms. The van der Waals surface area contributed by atoms with Crippen molar-refractivity contribution in [3.63, 3.8) is 0 Å². The number of hydrogen-bond donors (Lipinski definition) is 2. The molecular formula is C13H12ClN3O. The predicted molar refractivity (Wildman–Crippen MR) is 72.8 cm³/mol. The molecule has 5 heteroatoms. The lowest BCUT2D eigenvalue weighted by Gasteiger charge is -2.09. The van der Waals surface area contributed by atoms with E-state index in [1.165, 1.54) is 0 Å². The van der Waals surface area contributed by atoms with Crippen LogP contribution in [0.4, 0.5) is 11.4 Å². The van der Waals surface area contributed by atoms with E-state index in [2.05, 4.69) is 10.3 Å². The van der Waals surface area contributed by atoms with E-state index in [1.54, 1.807) is 30.5 Å². The third kappa shape index (κ3) is 2.60. The van der Waals surface area contributed by atoms with Crippen molar-refractivity contribution in [2.75, 3.05) is 11.1 Å². The Bertz CT molecular complexity index is 599. The Balaban J connectivity index is 2.24. The zero-order valence-corrected chi connectivity index (χ0v) is 10.5. The Morgan fingerprint density at radius 2 is 2.17 bits per heavy atom. The van der Waals surface area contributed by atoms with E-state index in [1.807, 2.05) is 13.0 Å². The quantitative estimate of drug-likeness (QED) is 0.817. The molecule has 1 aromatic carbocycles. The average Bonchev–Trinajstić information content (AvgIpc) is 2.33. The van der Waals surface area contributed by atoms with Crippen LogP contribution in [0.2, 0.25) is 5.02 Å². The van der Waals surface area contributed by atoms with Gasteiger partial charge in [0.2, 0.25) is 0 Å². The minimum absolute atomic E-state index is 0.290. The highest BCUT2D eigenvalue weighted by molar-refractivity contribution is 6.31. The number of pyridine rings is 1. The van der Waals surface area contributed by atoms with Crippen LogP contribution in [0.15, 0.2) is 36.5 Å². The summed E-state index contributed by atoms with van der Waals surface area (Å²) in [4.78, 5) is 16.1. The number of nitrogen functional groups attached to an aromatic ring is 1. The van der Waals surface area contributed by atoms with Crippen LogP contribution in [0.1, 0.15) is 16.1 Å². The number of carbonyl (C=O) groups excluding carboxylic acids is 1. The van der Waals surface area contributed by atoms with E-state index in [0.717, 1.165) is 5.56 Å². The lowest BCUT2D eigenvalue weighted by atomic mass is 10.2. The van der Waals surface area contributed by atoms with Crippen LogP contribution in [0.25, 0.3) is 0 Å². The standard InChI is InChI=1S/C13H12ClN3O/c1-8-3-2-6-16-12(8)13(18)17-11-5-4-9(14)7-10(11)15/h2-7H,15H2,1H3,(H,17,18). The first-order valence-corrected chi connectivity index (χ1v) is 5.73. The minimum Gasteiger partial charge on any atom is -0.397 e. The van der Waals surface area contributed by atoms with Crippen LogP contribution >= 0.6 is 11.6 Å². The Kier molecular flexibility index (Phi) is 3.48. The Hall–Kier alpha value is -2.07. The molecule has 0 unspecified atom stereocenters. The molecule has 0 saturated heterocycles. The SMILES string of the molecule is Cc1cccnc1C(=O)Nc1ccc(Cl)cc1N. The van der Waals surface area contributed by atoms with Crippen LogP contribution < -0.4 is 11.1 Å². The van der Waals surface area contributed by atoms with E-state index >= 15 is 0 Å². The third-order valence-electron chi connectivity index (χ3n) is 2.49. The molecule has 0 atom stereocenters. The molecule has 1 heterocycles. The van der Waals surface area contributed by atoms with Crippen molar-refractivity contribution < 1.29 is 4.79 Å². The average molecular weight is 262 g/mol. The van der Waals surface area contributed by atoms with Gasteiger partial charge in [-0.05, 0) is 36.8 Å². The number of aromatic nitrogens is 1. The number of nitrogens with two attached hydrogens (primary N) is 1. The van der Waals surface area contributed by atoms with Gasteiger partial charge < -0.3 is 11.1 Å². The molecule has 18 heavy (non-hydrogen) atoms. The Labute approximate surface area is 110 Å². The molecule has 0 bridgehead atoms. The summed E-state index contributed by atoms with van der Waals surface area (Å²) in [6.07, 6.45) is 1.58. The van der Waals surface area contributed by atoms with Crippen molar-refractivity contribution in [1.29, 1.82) is 0 Å². The molecule has 0 aliphatic rings. The molecule has 0 fully saturated rings. The van der Waals surface area contributed by atoms with Crippen molar-refractivity contribution in [3.05, 3.63) is 52.8 Å². The van der Waals surface area contributed by atoms with Gasteiger partial charge in [0.15, 0.2) is 0 Å². The predicted octanol–water partition coefficient (Wildman–Crippen LogP) is 2.88. The molecule has 0 aliphatic carbocycles. The number of anilines is 2. The fourth-order valence-corrected chi connectivity index (χ4v) is 1.73. The van der Waals surface area contributed by atoms with Crippen molar-refractivity contribution in [1.82, 2.24) is 4.98 Å². The second-order valence-electron chi connectivity index (χ2n) is 3.85. The van der Waals surface area contributed by atoms with Crippen molar-refractivity contribution >= 4 is 28.9 Å². The zero-order valence-electron chi connectivity index (χ0n) is 9.77. The highest BCUT2D eigenvalue weighted by Crippen LogP contribution is 2.23. The lowest BCUT2D eigenvalue weighted by molar-refractivity contribution is 0.102. The molecule has 0 saturated carbocycles. The summed E-state index contributed by atoms with van der Waals surface area (Å²) in [6, 6.07) is 8.52. The first-order chi connectivity index (χ1) is 8.58. The summed E-state index contributed by atoms with van der Waals surface area (Å²) in [6.45, 7) is 1.83. The highest BCUT2D eigenvalue weighted by atomic mass is 35.5. The van der Waals surface area contributed by atoms with Gasteiger partial charge in [-0.25, -0.2) is 0 Å². The Morgan fingerprint density at radius 1 is 1.39 bits per heavy atom. The van der Waals surface area contributed by atoms with E-state index in [-0.39, 0.29) is 5.91 Å². The number of halogens is 1. The zero-order chi connectivity index (χ0) is 13.1. The first-order valence-electron chi connectivity index (χ1n) is 5.36. The topological polar surface area (TPSA) is 68.0 Å². The maximum Gasteiger partial charge on any atom is 0.274 e. The number of aryl methyl sites for hydroxylation is 1. The molecule has 1 amide bonds. The van der Waals surface area contributed by atoms with Gasteiger partial charge in [-0.1, -0.05) is 17.7 Å². The van der Waals surface area contributed by atoms with Gasteiger partial charge in [-0.3, -0.25) is 9.78 Å². The van der Waals surface area contributed by atoms with E-state index in [0.29, 0.717) is 22.1 Å². The van der Waals surface area contributed by atoms with E-state index in [4.69, 9.17) is 17.3 Å². The number of rotatable bonds is 2. The van der Waals surface area contributed by atoms with Crippen LogP contribution in [0.3, 0.4) is 0 Å². The normalized spacial score (nSPS) is 10.1. The van der Waals surface area contributed by atoms with Gasteiger partial charge in [0.1, 0.15) is 5.69 Å². The fourth-order valence-electron chi connectivity index (χ4n) is 1.55. The van der Waals surface area contributed by atoms with Crippen LogP contribution in [0.5, 0.6) is 0 Å². The lowest BCUT2D eigenvalue weighted by Crippen LogP contribution is -2.16. The van der Waals surface area contributed by atoms with Crippen LogP contribution in [0, 0.1) is 6.92 Å². The first kappa shape index (κ1) is 12.4. The minimum atomic E-state index is -0.290. The molecule has 0 aliphatic heterocycles. The molecular weight excluding hydrogens is 250 g/mol. The molecule has 2 aromatic rings. The van der Waals surface area contributed by atoms with Gasteiger partial charge in [0, 0.05) is 11.2 Å². The molecule has 1 aromatic heterocycles. The van der Waals surface area contributed by atoms with Gasteiger partial charge in [0.05, 0.1) is 11.4 Å². The van der Waals surface area contributed by atoms with Gasteiger partial charge in [0.25, 0.3) is 5.91 Å². The third-order valence-corrected chi connectivity index (χ3v) is 2.72. The molecule has 92 valence electrons. The van der Waals surface area contributed by atoms with Crippen molar-refractivity contribution in [3.8, 4) is 0 Å². The maximum absolute atomic E-state index is 12.0. The van der Waals surface area contributed by atoms with Gasteiger partial charge in [-0.2, -0.15) is 0 Å². The molecule has 4 nitrogen and oxygen atoms in total. The summed E-state index contributed by atoms with van der Waals surface area (Å²) in [5.74, 6) is -0.290. The molecule has 2 rings (SSSR count). The Morgan fingerprint density at radius 3 is 2.83 bits per heavy atom. The van der Waals surface area contributed by atoms with Crippen LogP contribution in [-0.4, -0.2) is 10.9 Å². The summed E-state index contributed by atoms with van der Waals surface area (Å²) < 4.78 is 0. The van der Waals surface area contributed by atoms with E-state index < -0.39 is 0 Å². The number of benzene rings is 1. The maximum atomic E-state index is 12.0. The van der Waals surface area contributed by atoms with Gasteiger partial charge in [-0.15, -0.1) is 0 Å². The second kappa shape index (κ2) is 5.06. The number of hydrogen-bond acceptors (Lipinski definition) is 3. The monoisotopic (exact) mass is 261 g/mol. The van der Waals surface area contributed by atoms with Crippen LogP contribution in [-0.2, 0) is 0 Å². The summed E-state index contributed by atoms with van der Waals surface area (Å²) in [5.41, 5.74) is 7.90. The fraction of sp³-hybridized carbons (Fsp3) is 0.0769. The number of nitrogens with zero attached hydrogens (tertiary/aromatic N) is 1. The number of amides is 1. The number of carbonyl (C=O) groups is 1. The number of nitrogens with one attached hydrogen (secondary N) is 1. The molecule has 0 radical (unpaired) electrons. The van der Waals surface area contributed by atoms with Crippen molar-refractivity contribution in [2.24, 2.45) is 0 Å².